The van der Waals surface area contributed by atoms with E-state index in [2.05, 4.69) is 10.4 Å². The van der Waals surface area contributed by atoms with E-state index in [0.717, 1.165) is 6.42 Å². The number of aliphatic carboxylic acids is 1. The second-order valence-corrected chi connectivity index (χ2v) is 5.36. The number of urea groups is 1. The molecule has 0 saturated carbocycles. The summed E-state index contributed by atoms with van der Waals surface area (Å²) in [7, 11) is 0. The SMILES string of the molecule is CCCC1(C(=O)O)CCCN1C(=O)Nc1cnn(CC)c1. The lowest BCUT2D eigenvalue weighted by Gasteiger charge is -2.34. The van der Waals surface area contributed by atoms with Gasteiger partial charge in [-0.2, -0.15) is 5.10 Å². The van der Waals surface area contributed by atoms with Crippen LogP contribution in [-0.2, 0) is 11.3 Å². The predicted molar refractivity (Wildman–Crippen MR) is 78.1 cm³/mol. The van der Waals surface area contributed by atoms with Crippen LogP contribution in [-0.4, -0.2) is 43.9 Å². The molecule has 1 saturated heterocycles. The van der Waals surface area contributed by atoms with Crippen LogP contribution in [0.1, 0.15) is 39.5 Å². The summed E-state index contributed by atoms with van der Waals surface area (Å²) in [5.41, 5.74) is -0.482. The molecule has 1 aliphatic heterocycles. The van der Waals surface area contributed by atoms with Crippen LogP contribution in [0.25, 0.3) is 0 Å². The number of anilines is 1. The molecule has 1 aliphatic rings. The molecule has 1 unspecified atom stereocenters. The summed E-state index contributed by atoms with van der Waals surface area (Å²) in [5, 5.41) is 16.4. The topological polar surface area (TPSA) is 87.5 Å². The molecule has 7 heteroatoms. The van der Waals surface area contributed by atoms with Crippen LogP contribution >= 0.6 is 0 Å². The molecular weight excluding hydrogens is 272 g/mol. The Labute approximate surface area is 123 Å². The third-order valence-corrected chi connectivity index (χ3v) is 4.00. The number of nitrogens with one attached hydrogen (secondary N) is 1. The average Bonchev–Trinajstić information content (AvgIpc) is 3.06. The number of carboxylic acids is 1. The van der Waals surface area contributed by atoms with Crippen molar-refractivity contribution in [2.75, 3.05) is 11.9 Å². The van der Waals surface area contributed by atoms with Crippen LogP contribution in [0.15, 0.2) is 12.4 Å². The molecule has 1 aromatic rings. The zero-order chi connectivity index (χ0) is 15.5. The van der Waals surface area contributed by atoms with Gasteiger partial charge in [-0.25, -0.2) is 9.59 Å². The fraction of sp³-hybridized carbons (Fsp3) is 0.643. The smallest absolute Gasteiger partial charge is 0.329 e. The molecule has 2 amide bonds. The molecule has 0 aliphatic carbocycles. The standard InChI is InChI=1S/C14H22N4O3/c1-3-6-14(12(19)20)7-5-8-18(14)13(21)16-11-9-15-17(4-2)10-11/h9-10H,3-8H2,1-2H3,(H,16,21)(H,19,20). The van der Waals surface area contributed by atoms with Crippen LogP contribution in [0.3, 0.4) is 0 Å². The lowest BCUT2D eigenvalue weighted by atomic mass is 9.91. The second-order valence-electron chi connectivity index (χ2n) is 5.36. The van der Waals surface area contributed by atoms with E-state index in [4.69, 9.17) is 0 Å². The molecule has 1 aromatic heterocycles. The molecule has 21 heavy (non-hydrogen) atoms. The van der Waals surface area contributed by atoms with Crippen LogP contribution in [0.2, 0.25) is 0 Å². The van der Waals surface area contributed by atoms with Crippen LogP contribution < -0.4 is 5.32 Å². The highest BCUT2D eigenvalue weighted by atomic mass is 16.4. The fourth-order valence-corrected chi connectivity index (χ4v) is 2.97. The number of rotatable bonds is 5. The summed E-state index contributed by atoms with van der Waals surface area (Å²) in [6.07, 6.45) is 5.73. The summed E-state index contributed by atoms with van der Waals surface area (Å²) in [5.74, 6) is -0.916. The lowest BCUT2D eigenvalue weighted by molar-refractivity contribution is -0.148. The van der Waals surface area contributed by atoms with Gasteiger partial charge in [0.05, 0.1) is 11.9 Å². The van der Waals surface area contributed by atoms with Gasteiger partial charge in [0.2, 0.25) is 0 Å². The first-order valence-electron chi connectivity index (χ1n) is 7.38. The monoisotopic (exact) mass is 294 g/mol. The van der Waals surface area contributed by atoms with E-state index < -0.39 is 11.5 Å². The van der Waals surface area contributed by atoms with E-state index >= 15 is 0 Å². The molecule has 2 rings (SSSR count). The van der Waals surface area contributed by atoms with Gasteiger partial charge in [-0.1, -0.05) is 13.3 Å². The van der Waals surface area contributed by atoms with Gasteiger partial charge in [0, 0.05) is 19.3 Å². The minimum Gasteiger partial charge on any atom is -0.479 e. The van der Waals surface area contributed by atoms with Crippen molar-refractivity contribution in [3.8, 4) is 0 Å². The van der Waals surface area contributed by atoms with E-state index in [1.54, 1.807) is 17.1 Å². The van der Waals surface area contributed by atoms with E-state index in [-0.39, 0.29) is 6.03 Å². The average molecular weight is 294 g/mol. The summed E-state index contributed by atoms with van der Waals surface area (Å²) in [6, 6.07) is -0.362. The zero-order valence-electron chi connectivity index (χ0n) is 12.5. The minimum atomic E-state index is -1.07. The number of aryl methyl sites for hydroxylation is 1. The summed E-state index contributed by atoms with van der Waals surface area (Å²) >= 11 is 0. The van der Waals surface area contributed by atoms with E-state index in [0.29, 0.717) is 38.0 Å². The summed E-state index contributed by atoms with van der Waals surface area (Å²) < 4.78 is 1.70. The molecule has 116 valence electrons. The number of carbonyl (C=O) groups excluding carboxylic acids is 1. The second kappa shape index (κ2) is 6.15. The van der Waals surface area contributed by atoms with Crippen molar-refractivity contribution in [2.45, 2.75) is 51.6 Å². The van der Waals surface area contributed by atoms with Crippen molar-refractivity contribution in [1.82, 2.24) is 14.7 Å². The van der Waals surface area contributed by atoms with Crippen molar-refractivity contribution in [3.05, 3.63) is 12.4 Å². The van der Waals surface area contributed by atoms with Gasteiger partial charge in [-0.05, 0) is 26.2 Å². The van der Waals surface area contributed by atoms with Crippen LogP contribution in [0.5, 0.6) is 0 Å². The first kappa shape index (κ1) is 15.3. The van der Waals surface area contributed by atoms with Crippen LogP contribution in [0.4, 0.5) is 10.5 Å². The Kier molecular flexibility index (Phi) is 4.50. The van der Waals surface area contributed by atoms with Crippen molar-refractivity contribution in [3.63, 3.8) is 0 Å². The molecule has 0 aromatic carbocycles. The number of hydrogen-bond acceptors (Lipinski definition) is 3. The van der Waals surface area contributed by atoms with Crippen molar-refractivity contribution < 1.29 is 14.7 Å². The molecule has 1 atom stereocenters. The van der Waals surface area contributed by atoms with Crippen molar-refractivity contribution >= 4 is 17.7 Å². The first-order valence-corrected chi connectivity index (χ1v) is 7.38. The Morgan fingerprint density at radius 2 is 2.24 bits per heavy atom. The summed E-state index contributed by atoms with van der Waals surface area (Å²) in [4.78, 5) is 25.6. The van der Waals surface area contributed by atoms with Gasteiger partial charge in [0.25, 0.3) is 0 Å². The molecule has 0 radical (unpaired) electrons. The Balaban J connectivity index is 2.14. The van der Waals surface area contributed by atoms with Crippen LogP contribution in [0, 0.1) is 0 Å². The first-order chi connectivity index (χ1) is 10.0. The molecular formula is C14H22N4O3. The highest BCUT2D eigenvalue weighted by Gasteiger charge is 2.49. The number of likely N-dealkylation sites (tertiary alicyclic amines) is 1. The van der Waals surface area contributed by atoms with E-state index in [1.807, 2.05) is 13.8 Å². The summed E-state index contributed by atoms with van der Waals surface area (Å²) in [6.45, 7) is 5.08. The highest BCUT2D eigenvalue weighted by molar-refractivity contribution is 5.94. The van der Waals surface area contributed by atoms with Crippen molar-refractivity contribution in [1.29, 1.82) is 0 Å². The maximum Gasteiger partial charge on any atom is 0.329 e. The number of nitrogens with zero attached hydrogens (tertiary/aromatic N) is 3. The normalized spacial score (nSPS) is 21.5. The van der Waals surface area contributed by atoms with Gasteiger partial charge in [-0.3, -0.25) is 4.68 Å². The minimum absolute atomic E-state index is 0.362. The maximum atomic E-state index is 12.4. The van der Waals surface area contributed by atoms with Gasteiger partial charge in [0.1, 0.15) is 5.54 Å². The zero-order valence-corrected chi connectivity index (χ0v) is 12.5. The number of aromatic nitrogens is 2. The lowest BCUT2D eigenvalue weighted by Crippen LogP contribution is -2.54. The molecule has 0 spiro atoms. The molecule has 7 nitrogen and oxygen atoms in total. The Morgan fingerprint density at radius 3 is 2.81 bits per heavy atom. The Morgan fingerprint density at radius 1 is 1.48 bits per heavy atom. The largest absolute Gasteiger partial charge is 0.479 e. The number of carboxylic acid groups (broad SMARTS) is 1. The van der Waals surface area contributed by atoms with E-state index in [9.17, 15) is 14.7 Å². The van der Waals surface area contributed by atoms with Gasteiger partial charge in [-0.15, -0.1) is 0 Å². The molecule has 2 N–H and O–H groups in total. The predicted octanol–water partition coefficient (Wildman–Crippen LogP) is 2.15. The third kappa shape index (κ3) is 2.86. The molecule has 0 bridgehead atoms. The molecule has 2 heterocycles. The third-order valence-electron chi connectivity index (χ3n) is 4.00. The molecule has 1 fully saturated rings. The van der Waals surface area contributed by atoms with E-state index in [1.165, 1.54) is 4.90 Å². The number of amides is 2. The Hall–Kier alpha value is -2.05. The van der Waals surface area contributed by atoms with Gasteiger partial charge in [0.15, 0.2) is 0 Å². The number of hydrogen-bond donors (Lipinski definition) is 2. The quantitative estimate of drug-likeness (QED) is 0.871. The van der Waals surface area contributed by atoms with Gasteiger partial charge >= 0.3 is 12.0 Å². The highest BCUT2D eigenvalue weighted by Crippen LogP contribution is 2.34. The fourth-order valence-electron chi connectivity index (χ4n) is 2.97. The Bertz CT molecular complexity index is 528. The van der Waals surface area contributed by atoms with Crippen molar-refractivity contribution in [2.24, 2.45) is 0 Å². The maximum absolute atomic E-state index is 12.4. The van der Waals surface area contributed by atoms with Gasteiger partial charge < -0.3 is 15.3 Å². The number of carbonyl (C=O) groups is 2.